The Labute approximate surface area is 182 Å². The van der Waals surface area contributed by atoms with Crippen molar-refractivity contribution in [1.82, 2.24) is 15.3 Å². The smallest absolute Gasteiger partial charge is 0.252 e. The lowest BCUT2D eigenvalue weighted by molar-refractivity contribution is 0.0955. The topological polar surface area (TPSA) is 58.1 Å². The lowest BCUT2D eigenvalue weighted by atomic mass is 10.0. The molecule has 0 bridgehead atoms. The average molecular weight is 411 g/mol. The second kappa shape index (κ2) is 9.85. The minimum absolute atomic E-state index is 0.0773. The number of pyridine rings is 2. The monoisotopic (exact) mass is 410 g/mol. The minimum Gasteiger partial charge on any atom is -0.372 e. The number of fused-ring (bicyclic) bond motifs is 1. The maximum atomic E-state index is 13.1. The Morgan fingerprint density at radius 2 is 1.81 bits per heavy atom. The van der Waals surface area contributed by atoms with E-state index in [1.165, 1.54) is 5.69 Å². The van der Waals surface area contributed by atoms with Crippen LogP contribution in [0.25, 0.3) is 22.2 Å². The number of nitrogens with zero attached hydrogens (tertiary/aromatic N) is 3. The summed E-state index contributed by atoms with van der Waals surface area (Å²) in [4.78, 5) is 24.3. The molecule has 0 fully saturated rings. The Morgan fingerprint density at radius 3 is 2.58 bits per heavy atom. The third-order valence-electron chi connectivity index (χ3n) is 5.31. The summed E-state index contributed by atoms with van der Waals surface area (Å²) >= 11 is 0. The molecule has 0 aliphatic heterocycles. The van der Waals surface area contributed by atoms with Gasteiger partial charge in [-0.15, -0.1) is 0 Å². The highest BCUT2D eigenvalue weighted by molar-refractivity contribution is 6.07. The average Bonchev–Trinajstić information content (AvgIpc) is 2.84. The summed E-state index contributed by atoms with van der Waals surface area (Å²) in [6.07, 6.45) is 4.36. The fourth-order valence-electron chi connectivity index (χ4n) is 3.70. The zero-order valence-electron chi connectivity index (χ0n) is 17.7. The van der Waals surface area contributed by atoms with E-state index in [-0.39, 0.29) is 5.91 Å². The summed E-state index contributed by atoms with van der Waals surface area (Å²) in [5.74, 6) is -0.0773. The molecular formula is C26H26N4O. The van der Waals surface area contributed by atoms with Crippen LogP contribution >= 0.6 is 0 Å². The highest BCUT2D eigenvalue weighted by Crippen LogP contribution is 2.24. The van der Waals surface area contributed by atoms with E-state index in [1.54, 1.807) is 12.4 Å². The third kappa shape index (κ3) is 4.89. The van der Waals surface area contributed by atoms with Crippen molar-refractivity contribution < 1.29 is 4.79 Å². The molecule has 156 valence electrons. The molecule has 0 spiro atoms. The van der Waals surface area contributed by atoms with Gasteiger partial charge in [0, 0.05) is 48.7 Å². The number of anilines is 1. The first-order valence-corrected chi connectivity index (χ1v) is 10.6. The summed E-state index contributed by atoms with van der Waals surface area (Å²) in [5.41, 5.74) is 4.29. The first-order valence-electron chi connectivity index (χ1n) is 10.6. The van der Waals surface area contributed by atoms with Crippen molar-refractivity contribution in [1.29, 1.82) is 0 Å². The van der Waals surface area contributed by atoms with Crippen molar-refractivity contribution in [2.45, 2.75) is 13.3 Å². The van der Waals surface area contributed by atoms with Gasteiger partial charge in [0.05, 0.1) is 16.8 Å². The second-order valence-corrected chi connectivity index (χ2v) is 7.34. The van der Waals surface area contributed by atoms with E-state index in [1.807, 2.05) is 60.7 Å². The first-order chi connectivity index (χ1) is 15.3. The van der Waals surface area contributed by atoms with Crippen LogP contribution in [0.4, 0.5) is 5.69 Å². The molecular weight excluding hydrogens is 384 g/mol. The summed E-state index contributed by atoms with van der Waals surface area (Å²) in [6.45, 7) is 4.58. The third-order valence-corrected chi connectivity index (χ3v) is 5.31. The molecule has 5 heteroatoms. The van der Waals surface area contributed by atoms with E-state index in [0.717, 1.165) is 41.7 Å². The van der Waals surface area contributed by atoms with Crippen LogP contribution in [-0.2, 0) is 0 Å². The molecule has 2 aromatic carbocycles. The molecule has 4 rings (SSSR count). The van der Waals surface area contributed by atoms with Crippen LogP contribution < -0.4 is 10.2 Å². The predicted octanol–water partition coefficient (Wildman–Crippen LogP) is 4.94. The van der Waals surface area contributed by atoms with E-state index >= 15 is 0 Å². The molecule has 0 aliphatic carbocycles. The Kier molecular flexibility index (Phi) is 6.53. The van der Waals surface area contributed by atoms with Gasteiger partial charge < -0.3 is 10.2 Å². The van der Waals surface area contributed by atoms with E-state index in [4.69, 9.17) is 4.98 Å². The zero-order chi connectivity index (χ0) is 21.5. The van der Waals surface area contributed by atoms with Crippen LogP contribution in [0.3, 0.4) is 0 Å². The fourth-order valence-corrected chi connectivity index (χ4v) is 3.70. The first kappa shape index (κ1) is 20.5. The summed E-state index contributed by atoms with van der Waals surface area (Å²) in [7, 11) is 0. The van der Waals surface area contributed by atoms with Crippen LogP contribution in [0.2, 0.25) is 0 Å². The maximum absolute atomic E-state index is 13.1. The van der Waals surface area contributed by atoms with Gasteiger partial charge in [0.2, 0.25) is 0 Å². The molecule has 2 heterocycles. The van der Waals surface area contributed by atoms with Gasteiger partial charge in [-0.25, -0.2) is 4.98 Å². The van der Waals surface area contributed by atoms with E-state index in [9.17, 15) is 4.79 Å². The van der Waals surface area contributed by atoms with Crippen LogP contribution in [0.15, 0.2) is 85.2 Å². The van der Waals surface area contributed by atoms with Gasteiger partial charge in [0.1, 0.15) is 0 Å². The van der Waals surface area contributed by atoms with Crippen molar-refractivity contribution in [2.24, 2.45) is 0 Å². The van der Waals surface area contributed by atoms with Crippen molar-refractivity contribution >= 4 is 22.5 Å². The Bertz CT molecular complexity index is 1150. The van der Waals surface area contributed by atoms with Crippen molar-refractivity contribution in [3.63, 3.8) is 0 Å². The van der Waals surface area contributed by atoms with Gasteiger partial charge in [0.25, 0.3) is 5.91 Å². The Hall–Kier alpha value is -3.73. The number of amides is 1. The lowest BCUT2D eigenvalue weighted by Gasteiger charge is -2.23. The largest absolute Gasteiger partial charge is 0.372 e. The quantitative estimate of drug-likeness (QED) is 0.418. The number of aromatic nitrogens is 2. The molecule has 0 radical (unpaired) electrons. The van der Waals surface area contributed by atoms with Crippen molar-refractivity contribution in [3.05, 3.63) is 90.8 Å². The number of carbonyl (C=O) groups excluding carboxylic acids is 1. The van der Waals surface area contributed by atoms with E-state index in [2.05, 4.69) is 34.3 Å². The van der Waals surface area contributed by atoms with Gasteiger partial charge in [0.15, 0.2) is 0 Å². The molecule has 0 atom stereocenters. The molecule has 0 unspecified atom stereocenters. The van der Waals surface area contributed by atoms with Crippen molar-refractivity contribution in [2.75, 3.05) is 24.5 Å². The molecule has 31 heavy (non-hydrogen) atoms. The zero-order valence-corrected chi connectivity index (χ0v) is 17.7. The summed E-state index contributed by atoms with van der Waals surface area (Å²) < 4.78 is 0. The predicted molar refractivity (Wildman–Crippen MR) is 126 cm³/mol. The molecule has 0 aliphatic rings. The number of carbonyl (C=O) groups is 1. The normalized spacial score (nSPS) is 10.7. The fraction of sp³-hybridized carbons (Fsp3) is 0.192. The molecule has 4 aromatic rings. The minimum atomic E-state index is -0.0773. The van der Waals surface area contributed by atoms with Gasteiger partial charge in [-0.3, -0.25) is 9.78 Å². The number of para-hydroxylation sites is 2. The molecule has 5 nitrogen and oxygen atoms in total. The standard InChI is InChI=1S/C26H26N4O/c1-2-30(21-11-4-3-5-12-21)17-9-16-28-26(31)23-18-25(20-10-8-15-27-19-20)29-24-14-7-6-13-22(23)24/h3-8,10-15,18-19H,2,9,16-17H2,1H3,(H,28,31). The SMILES string of the molecule is CCN(CCCNC(=O)c1cc(-c2cccnc2)nc2ccccc12)c1ccccc1. The highest BCUT2D eigenvalue weighted by Gasteiger charge is 2.14. The van der Waals surface area contributed by atoms with Gasteiger partial charge >= 0.3 is 0 Å². The van der Waals surface area contributed by atoms with Gasteiger partial charge in [-0.1, -0.05) is 36.4 Å². The molecule has 1 N–H and O–H groups in total. The van der Waals surface area contributed by atoms with Crippen molar-refractivity contribution in [3.8, 4) is 11.3 Å². The Balaban J connectivity index is 1.47. The molecule has 1 amide bonds. The number of hydrogen-bond donors (Lipinski definition) is 1. The molecule has 0 saturated carbocycles. The van der Waals surface area contributed by atoms with Crippen LogP contribution in [-0.4, -0.2) is 35.5 Å². The Morgan fingerprint density at radius 1 is 1.00 bits per heavy atom. The summed E-state index contributed by atoms with van der Waals surface area (Å²) in [6, 6.07) is 23.8. The van der Waals surface area contributed by atoms with Crippen LogP contribution in [0, 0.1) is 0 Å². The number of rotatable bonds is 8. The summed E-state index contributed by atoms with van der Waals surface area (Å²) in [5, 5.41) is 3.95. The second-order valence-electron chi connectivity index (χ2n) is 7.34. The number of nitrogens with one attached hydrogen (secondary N) is 1. The number of hydrogen-bond acceptors (Lipinski definition) is 4. The molecule has 2 aromatic heterocycles. The molecule has 0 saturated heterocycles. The highest BCUT2D eigenvalue weighted by atomic mass is 16.1. The number of benzene rings is 2. The van der Waals surface area contributed by atoms with Gasteiger partial charge in [-0.05, 0) is 49.7 Å². The van der Waals surface area contributed by atoms with E-state index < -0.39 is 0 Å². The van der Waals surface area contributed by atoms with E-state index in [0.29, 0.717) is 12.1 Å². The lowest BCUT2D eigenvalue weighted by Crippen LogP contribution is -2.30. The van der Waals surface area contributed by atoms with Gasteiger partial charge in [-0.2, -0.15) is 0 Å². The maximum Gasteiger partial charge on any atom is 0.252 e. The van der Waals surface area contributed by atoms with Crippen LogP contribution in [0.1, 0.15) is 23.7 Å². The van der Waals surface area contributed by atoms with Crippen LogP contribution in [0.5, 0.6) is 0 Å².